The number of hydrogen-bond acceptors (Lipinski definition) is 0. The van der Waals surface area contributed by atoms with Gasteiger partial charge >= 0.3 is 0 Å². The smallest absolute Gasteiger partial charge is 0.0541 e. The van der Waals surface area contributed by atoms with Crippen LogP contribution in [-0.4, -0.2) is 8.07 Å². The Hall–Kier alpha value is 0.217. The predicted molar refractivity (Wildman–Crippen MR) is 98.9 cm³/mol. The first kappa shape index (κ1) is 15.7. The molecule has 0 aromatic carbocycles. The van der Waals surface area contributed by atoms with Gasteiger partial charge in [-0.15, -0.1) is 0 Å². The van der Waals surface area contributed by atoms with Crippen LogP contribution in [0.4, 0.5) is 0 Å². The summed E-state index contributed by atoms with van der Waals surface area (Å²) in [5, 5.41) is 0. The maximum absolute atomic E-state index is 2.84. The highest BCUT2D eigenvalue weighted by atomic mass is 28.3. The van der Waals surface area contributed by atoms with Gasteiger partial charge in [-0.2, -0.15) is 0 Å². The van der Waals surface area contributed by atoms with E-state index in [9.17, 15) is 0 Å². The van der Waals surface area contributed by atoms with Crippen molar-refractivity contribution in [3.8, 4) is 0 Å². The van der Waals surface area contributed by atoms with Gasteiger partial charge in [0.1, 0.15) is 0 Å². The Balaban J connectivity index is 1.63. The summed E-state index contributed by atoms with van der Waals surface area (Å²) < 4.78 is 0. The Kier molecular flexibility index (Phi) is 4.24. The van der Waals surface area contributed by atoms with E-state index in [0.717, 1.165) is 23.3 Å². The summed E-state index contributed by atoms with van der Waals surface area (Å²) in [4.78, 5) is 0. The lowest BCUT2D eigenvalue weighted by molar-refractivity contribution is 0.184. The Bertz CT molecular complexity index is 379. The summed E-state index contributed by atoms with van der Waals surface area (Å²) in [6.45, 7) is 8.19. The zero-order valence-corrected chi connectivity index (χ0v) is 16.3. The fourth-order valence-corrected chi connectivity index (χ4v) is 13.4. The molecule has 22 heavy (non-hydrogen) atoms. The average molecular weight is 319 g/mol. The van der Waals surface area contributed by atoms with Gasteiger partial charge < -0.3 is 0 Å². The fraction of sp³-hybridized carbons (Fsp3) is 1.00. The van der Waals surface area contributed by atoms with Crippen molar-refractivity contribution in [2.24, 2.45) is 29.6 Å². The molecule has 4 rings (SSSR count). The zero-order chi connectivity index (χ0) is 15.3. The minimum Gasteiger partial charge on any atom is -0.0689 e. The molecular formula is C21H38Si. The number of rotatable bonds is 2. The van der Waals surface area contributed by atoms with Crippen LogP contribution in [0.1, 0.15) is 77.6 Å². The lowest BCUT2D eigenvalue weighted by Crippen LogP contribution is -2.43. The van der Waals surface area contributed by atoms with Crippen molar-refractivity contribution in [2.75, 3.05) is 0 Å². The first-order valence-corrected chi connectivity index (χ1v) is 13.7. The van der Waals surface area contributed by atoms with E-state index in [1.54, 1.807) is 64.2 Å². The summed E-state index contributed by atoms with van der Waals surface area (Å²) in [5.74, 6) is 5.69. The second kappa shape index (κ2) is 5.94. The van der Waals surface area contributed by atoms with E-state index in [0.29, 0.717) is 0 Å². The molecule has 0 N–H and O–H groups in total. The van der Waals surface area contributed by atoms with Crippen LogP contribution >= 0.6 is 0 Å². The molecule has 0 aliphatic heterocycles. The summed E-state index contributed by atoms with van der Waals surface area (Å²) in [5.41, 5.74) is 2.37. The SMILES string of the molecule is CC1CCC([Si](C)(C)C2C3CCCCC3C3CCCCC32)C1. The first-order valence-electron chi connectivity index (χ1n) is 10.6. The maximum atomic E-state index is 2.84. The Morgan fingerprint density at radius 2 is 1.14 bits per heavy atom. The molecule has 0 bridgehead atoms. The molecule has 1 heteroatoms. The second-order valence-corrected chi connectivity index (χ2v) is 15.3. The topological polar surface area (TPSA) is 0 Å². The fourth-order valence-electron chi connectivity index (χ4n) is 7.91. The normalized spacial score (nSPS) is 49.0. The molecule has 6 atom stereocenters. The van der Waals surface area contributed by atoms with E-state index >= 15 is 0 Å². The molecule has 4 saturated carbocycles. The highest BCUT2D eigenvalue weighted by Gasteiger charge is 2.57. The van der Waals surface area contributed by atoms with Crippen molar-refractivity contribution in [1.29, 1.82) is 0 Å². The van der Waals surface area contributed by atoms with Crippen LogP contribution in [0.2, 0.25) is 24.2 Å². The van der Waals surface area contributed by atoms with Gasteiger partial charge in [0, 0.05) is 0 Å². The molecular weight excluding hydrogens is 280 g/mol. The van der Waals surface area contributed by atoms with Crippen molar-refractivity contribution in [1.82, 2.24) is 0 Å². The standard InChI is InChI=1S/C21H38Si/c1-15-12-13-16(14-15)22(2,3)21-19-10-6-4-8-17(19)18-9-5-7-11-20(18)21/h15-21H,4-14H2,1-3H3. The molecule has 0 nitrogen and oxygen atoms in total. The van der Waals surface area contributed by atoms with Crippen LogP contribution in [0.25, 0.3) is 0 Å². The maximum Gasteiger partial charge on any atom is 0.0541 e. The minimum absolute atomic E-state index is 1.03. The van der Waals surface area contributed by atoms with Crippen LogP contribution in [0.3, 0.4) is 0 Å². The van der Waals surface area contributed by atoms with Crippen LogP contribution in [0.15, 0.2) is 0 Å². The van der Waals surface area contributed by atoms with Crippen molar-refractivity contribution in [2.45, 2.75) is 102 Å². The van der Waals surface area contributed by atoms with Gasteiger partial charge in [-0.1, -0.05) is 77.8 Å². The molecule has 4 aliphatic rings. The van der Waals surface area contributed by atoms with Gasteiger partial charge in [0.25, 0.3) is 0 Å². The lowest BCUT2D eigenvalue weighted by Gasteiger charge is -2.44. The van der Waals surface area contributed by atoms with Crippen LogP contribution in [0, 0.1) is 29.6 Å². The predicted octanol–water partition coefficient (Wildman–Crippen LogP) is 6.88. The molecule has 6 unspecified atom stereocenters. The number of hydrogen-bond donors (Lipinski definition) is 0. The van der Waals surface area contributed by atoms with E-state index < -0.39 is 8.07 Å². The van der Waals surface area contributed by atoms with E-state index in [1.807, 2.05) is 0 Å². The Morgan fingerprint density at radius 1 is 0.636 bits per heavy atom. The summed E-state index contributed by atoms with van der Waals surface area (Å²) in [7, 11) is -1.10. The summed E-state index contributed by atoms with van der Waals surface area (Å²) in [6, 6.07) is 0. The van der Waals surface area contributed by atoms with E-state index in [4.69, 9.17) is 0 Å². The van der Waals surface area contributed by atoms with Gasteiger partial charge in [-0.05, 0) is 53.5 Å². The Morgan fingerprint density at radius 3 is 1.59 bits per heavy atom. The zero-order valence-electron chi connectivity index (χ0n) is 15.3. The van der Waals surface area contributed by atoms with E-state index in [2.05, 4.69) is 20.0 Å². The van der Waals surface area contributed by atoms with Crippen molar-refractivity contribution in [3.05, 3.63) is 0 Å². The van der Waals surface area contributed by atoms with Gasteiger partial charge in [0.2, 0.25) is 0 Å². The minimum atomic E-state index is -1.10. The van der Waals surface area contributed by atoms with Crippen LogP contribution < -0.4 is 0 Å². The molecule has 0 radical (unpaired) electrons. The average Bonchev–Trinajstić information content (AvgIpc) is 3.09. The highest BCUT2D eigenvalue weighted by molar-refractivity contribution is 6.80. The van der Waals surface area contributed by atoms with Gasteiger partial charge in [-0.25, -0.2) is 0 Å². The van der Waals surface area contributed by atoms with Crippen molar-refractivity contribution in [3.63, 3.8) is 0 Å². The Labute approximate surface area is 139 Å². The van der Waals surface area contributed by atoms with Crippen molar-refractivity contribution >= 4 is 8.07 Å². The monoisotopic (exact) mass is 318 g/mol. The molecule has 126 valence electrons. The summed E-state index contributed by atoms with van der Waals surface area (Å²) in [6.07, 6.45) is 17.4. The lowest BCUT2D eigenvalue weighted by atomic mass is 9.73. The second-order valence-electron chi connectivity index (χ2n) is 10.2. The molecule has 0 aromatic heterocycles. The third-order valence-electron chi connectivity index (χ3n) is 8.83. The third kappa shape index (κ3) is 2.45. The summed E-state index contributed by atoms with van der Waals surface area (Å²) >= 11 is 0. The molecule has 0 amide bonds. The van der Waals surface area contributed by atoms with Crippen LogP contribution in [0.5, 0.6) is 0 Å². The quantitative estimate of drug-likeness (QED) is 0.487. The highest BCUT2D eigenvalue weighted by Crippen LogP contribution is 2.65. The first-order chi connectivity index (χ1) is 10.6. The molecule has 0 saturated heterocycles. The number of fused-ring (bicyclic) bond motifs is 3. The third-order valence-corrected chi connectivity index (χ3v) is 14.0. The van der Waals surface area contributed by atoms with E-state index in [-0.39, 0.29) is 0 Å². The van der Waals surface area contributed by atoms with Gasteiger partial charge in [0.05, 0.1) is 8.07 Å². The van der Waals surface area contributed by atoms with Crippen molar-refractivity contribution < 1.29 is 0 Å². The molecule has 0 aromatic rings. The largest absolute Gasteiger partial charge is 0.0689 e. The molecule has 0 heterocycles. The molecule has 4 fully saturated rings. The van der Waals surface area contributed by atoms with E-state index in [1.165, 1.54) is 23.8 Å². The molecule has 0 spiro atoms. The molecule has 4 aliphatic carbocycles. The van der Waals surface area contributed by atoms with Gasteiger partial charge in [-0.3, -0.25) is 0 Å². The van der Waals surface area contributed by atoms with Crippen LogP contribution in [-0.2, 0) is 0 Å². The van der Waals surface area contributed by atoms with Gasteiger partial charge in [0.15, 0.2) is 0 Å².